The molecule has 0 fully saturated rings. The molecule has 0 saturated carbocycles. The zero-order chi connectivity index (χ0) is 15.0. The maximum atomic E-state index is 10.3. The molecule has 0 aliphatic carbocycles. The molecule has 2 unspecified atom stereocenters. The summed E-state index contributed by atoms with van der Waals surface area (Å²) in [4.78, 5) is 0. The molecule has 2 aromatic carbocycles. The molecule has 2 atom stereocenters. The molecule has 1 heterocycles. The van der Waals surface area contributed by atoms with Gasteiger partial charge in [0.1, 0.15) is 5.75 Å². The number of ether oxygens (including phenoxy) is 1. The molecule has 0 bridgehead atoms. The zero-order valence-corrected chi connectivity index (χ0v) is 15.3. The molecule has 1 aliphatic rings. The number of fused-ring (bicyclic) bond motifs is 1. The number of hydrogen-bond donors (Lipinski definition) is 1. The number of rotatable bonds is 1. The Morgan fingerprint density at radius 3 is 2.50 bits per heavy atom. The topological polar surface area (TPSA) is 53.2 Å². The summed E-state index contributed by atoms with van der Waals surface area (Å²) < 4.78 is 7.28. The van der Waals surface area contributed by atoms with Crippen molar-refractivity contribution in [3.63, 3.8) is 0 Å². The lowest BCUT2D eigenvalue weighted by atomic mass is 9.91. The van der Waals surface area contributed by atoms with Gasteiger partial charge in [-0.15, -0.1) is 12.4 Å². The number of aromatic hydroxyl groups is 1. The van der Waals surface area contributed by atoms with Gasteiger partial charge >= 0.3 is 0 Å². The van der Waals surface area contributed by atoms with Crippen molar-refractivity contribution in [3.05, 3.63) is 62.0 Å². The summed E-state index contributed by atoms with van der Waals surface area (Å²) in [5.74, 6) is 0.178. The molecule has 3 rings (SSSR count). The van der Waals surface area contributed by atoms with E-state index in [9.17, 15) is 10.4 Å². The molecule has 0 radical (unpaired) electrons. The maximum Gasteiger partial charge on any atom is 0.171 e. The number of nitrogens with zero attached hydrogens (tertiary/aromatic N) is 1. The van der Waals surface area contributed by atoms with Gasteiger partial charge in [-0.1, -0.05) is 46.3 Å². The van der Waals surface area contributed by atoms with E-state index >= 15 is 0 Å². The Bertz CT molecular complexity index is 731. The lowest BCUT2D eigenvalue weighted by Crippen LogP contribution is -2.20. The minimum absolute atomic E-state index is 0. The first-order chi connectivity index (χ1) is 10.1. The highest BCUT2D eigenvalue weighted by atomic mass is 79.9. The third-order valence-electron chi connectivity index (χ3n) is 3.59. The van der Waals surface area contributed by atoms with Gasteiger partial charge in [-0.25, -0.2) is 0 Å². The summed E-state index contributed by atoms with van der Waals surface area (Å²) in [5.41, 5.74) is 2.46. The highest BCUT2D eigenvalue weighted by molar-refractivity contribution is 9.11. The first kappa shape index (κ1) is 17.3. The third-order valence-corrected chi connectivity index (χ3v) is 4.85. The van der Waals surface area contributed by atoms with Crippen LogP contribution in [0.25, 0.3) is 0 Å². The lowest BCUT2D eigenvalue weighted by molar-refractivity contribution is 0.00146. The molecule has 0 amide bonds. The Labute approximate surface area is 151 Å². The second kappa shape index (κ2) is 7.01. The monoisotopic (exact) mass is 443 g/mol. The molecule has 2 aromatic rings. The molecule has 1 N–H and O–H groups in total. The summed E-state index contributed by atoms with van der Waals surface area (Å²) in [6.07, 6.45) is -0.413. The van der Waals surface area contributed by atoms with Crippen LogP contribution in [0.2, 0.25) is 0 Å². The number of phenols is 1. The summed E-state index contributed by atoms with van der Waals surface area (Å²) in [6.45, 7) is 0. The van der Waals surface area contributed by atoms with Crippen molar-refractivity contribution >= 4 is 44.3 Å². The van der Waals surface area contributed by atoms with Crippen molar-refractivity contribution in [2.75, 3.05) is 0 Å². The first-order valence-electron chi connectivity index (χ1n) is 6.41. The molecule has 0 saturated heterocycles. The van der Waals surface area contributed by atoms with Gasteiger partial charge < -0.3 is 9.84 Å². The van der Waals surface area contributed by atoms with Crippen LogP contribution in [0.1, 0.15) is 28.9 Å². The van der Waals surface area contributed by atoms with Crippen molar-refractivity contribution in [3.8, 4) is 11.8 Å². The van der Waals surface area contributed by atoms with Crippen molar-refractivity contribution < 1.29 is 9.84 Å². The fraction of sp³-hybridized carbons (Fsp3) is 0.188. The summed E-state index contributed by atoms with van der Waals surface area (Å²) in [5, 5.41) is 19.7. The SMILES string of the molecule is Cl.N#CC1OC(c2ccccc2)Cc2c(O)c(Br)cc(Br)c21. The Morgan fingerprint density at radius 2 is 1.86 bits per heavy atom. The summed E-state index contributed by atoms with van der Waals surface area (Å²) >= 11 is 6.79. The van der Waals surface area contributed by atoms with Crippen LogP contribution in [0.15, 0.2) is 45.3 Å². The van der Waals surface area contributed by atoms with Crippen LogP contribution >= 0.6 is 44.3 Å². The van der Waals surface area contributed by atoms with Crippen LogP contribution in [-0.2, 0) is 11.2 Å². The van der Waals surface area contributed by atoms with E-state index in [1.165, 1.54) is 0 Å². The fourth-order valence-electron chi connectivity index (χ4n) is 2.59. The smallest absolute Gasteiger partial charge is 0.171 e. The van der Waals surface area contributed by atoms with Gasteiger partial charge in [0.25, 0.3) is 0 Å². The number of hydrogen-bond acceptors (Lipinski definition) is 3. The van der Waals surface area contributed by atoms with E-state index in [0.29, 0.717) is 16.5 Å². The average molecular weight is 446 g/mol. The van der Waals surface area contributed by atoms with E-state index in [0.717, 1.165) is 15.6 Å². The quantitative estimate of drug-likeness (QED) is 0.655. The lowest BCUT2D eigenvalue weighted by Gasteiger charge is -2.30. The van der Waals surface area contributed by atoms with Crippen LogP contribution in [0.5, 0.6) is 5.75 Å². The molecule has 0 spiro atoms. The van der Waals surface area contributed by atoms with Gasteiger partial charge in [0.05, 0.1) is 16.6 Å². The minimum Gasteiger partial charge on any atom is -0.506 e. The summed E-state index contributed by atoms with van der Waals surface area (Å²) in [7, 11) is 0. The highest BCUT2D eigenvalue weighted by Crippen LogP contribution is 2.46. The maximum absolute atomic E-state index is 10.3. The Kier molecular flexibility index (Phi) is 5.51. The third kappa shape index (κ3) is 3.02. The van der Waals surface area contributed by atoms with E-state index in [1.807, 2.05) is 30.3 Å². The van der Waals surface area contributed by atoms with Crippen molar-refractivity contribution in [2.24, 2.45) is 0 Å². The van der Waals surface area contributed by atoms with Crippen molar-refractivity contribution in [1.29, 1.82) is 5.26 Å². The van der Waals surface area contributed by atoms with Gasteiger partial charge in [-0.2, -0.15) is 5.26 Å². The second-order valence-corrected chi connectivity index (χ2v) is 6.54. The predicted molar refractivity (Wildman–Crippen MR) is 93.1 cm³/mol. The molecule has 0 aromatic heterocycles. The van der Waals surface area contributed by atoms with Gasteiger partial charge in [-0.3, -0.25) is 0 Å². The van der Waals surface area contributed by atoms with Crippen LogP contribution in [0, 0.1) is 11.3 Å². The van der Waals surface area contributed by atoms with Crippen LogP contribution in [0.3, 0.4) is 0 Å². The summed E-state index contributed by atoms with van der Waals surface area (Å²) in [6, 6.07) is 13.7. The Balaban J connectivity index is 0.00000176. The number of halogens is 3. The Hall–Kier alpha value is -1.06. The van der Waals surface area contributed by atoms with E-state index in [4.69, 9.17) is 4.74 Å². The standard InChI is InChI=1S/C16H11Br2NO2.ClH/c17-11-7-12(18)16(20)10-6-13(9-4-2-1-3-5-9)21-14(8-19)15(10)11;/h1-5,7,13-14,20H,6H2;1H. The minimum atomic E-state index is -0.702. The Morgan fingerprint density at radius 1 is 1.18 bits per heavy atom. The number of benzene rings is 2. The van der Waals surface area contributed by atoms with E-state index in [-0.39, 0.29) is 24.3 Å². The molecule has 22 heavy (non-hydrogen) atoms. The van der Waals surface area contributed by atoms with Crippen LogP contribution in [-0.4, -0.2) is 5.11 Å². The van der Waals surface area contributed by atoms with Gasteiger partial charge in [0.2, 0.25) is 0 Å². The molecular formula is C16H12Br2ClNO2. The van der Waals surface area contributed by atoms with E-state index < -0.39 is 6.10 Å². The van der Waals surface area contributed by atoms with E-state index in [1.54, 1.807) is 6.07 Å². The molecule has 3 nitrogen and oxygen atoms in total. The predicted octanol–water partition coefficient (Wildman–Crippen LogP) is 5.22. The first-order valence-corrected chi connectivity index (χ1v) is 8.00. The van der Waals surface area contributed by atoms with Crippen LogP contribution in [0.4, 0.5) is 0 Å². The highest BCUT2D eigenvalue weighted by Gasteiger charge is 2.33. The van der Waals surface area contributed by atoms with Gasteiger partial charge in [-0.05, 0) is 27.6 Å². The largest absolute Gasteiger partial charge is 0.506 e. The zero-order valence-electron chi connectivity index (χ0n) is 11.3. The van der Waals surface area contributed by atoms with E-state index in [2.05, 4.69) is 37.9 Å². The molecular weight excluding hydrogens is 433 g/mol. The van der Waals surface area contributed by atoms with Crippen molar-refractivity contribution in [2.45, 2.75) is 18.6 Å². The van der Waals surface area contributed by atoms with Crippen molar-refractivity contribution in [1.82, 2.24) is 0 Å². The average Bonchev–Trinajstić information content (AvgIpc) is 2.52. The number of phenolic OH excluding ortho intramolecular Hbond substituents is 1. The molecule has 6 heteroatoms. The van der Waals surface area contributed by atoms with Gasteiger partial charge in [0.15, 0.2) is 6.10 Å². The normalized spacial score (nSPS) is 19.7. The number of nitriles is 1. The van der Waals surface area contributed by atoms with Crippen LogP contribution < -0.4 is 0 Å². The van der Waals surface area contributed by atoms with Gasteiger partial charge in [0, 0.05) is 22.0 Å². The molecule has 114 valence electrons. The fourth-order valence-corrected chi connectivity index (χ4v) is 4.04. The second-order valence-electron chi connectivity index (χ2n) is 4.83. The molecule has 1 aliphatic heterocycles.